The number of aliphatic hydroxyl groups is 1. The number of hydrogen-bond acceptors (Lipinski definition) is 3. The number of aliphatic hydroxyl groups excluding tert-OH is 1. The van der Waals surface area contributed by atoms with E-state index in [1.807, 2.05) is 42.6 Å². The molecule has 1 N–H and O–H groups in total. The minimum Gasteiger partial charge on any atom is -0.493 e. The molecular formula is C14H14O2S. The minimum absolute atomic E-state index is 0.0588. The van der Waals surface area contributed by atoms with E-state index in [1.54, 1.807) is 11.3 Å². The van der Waals surface area contributed by atoms with Crippen LogP contribution >= 0.6 is 11.3 Å². The van der Waals surface area contributed by atoms with Crippen molar-refractivity contribution in [2.24, 2.45) is 0 Å². The molecular weight excluding hydrogens is 232 g/mol. The summed E-state index contributed by atoms with van der Waals surface area (Å²) in [6.07, 6.45) is -0.460. The highest BCUT2D eigenvalue weighted by molar-refractivity contribution is 7.10. The molecule has 1 aromatic heterocycles. The predicted molar refractivity (Wildman–Crippen MR) is 68.7 cm³/mol. The third kappa shape index (κ3) is 1.75. The second-order valence-electron chi connectivity index (χ2n) is 4.37. The van der Waals surface area contributed by atoms with Gasteiger partial charge in [-0.05, 0) is 30.0 Å². The van der Waals surface area contributed by atoms with Crippen LogP contribution in [-0.4, -0.2) is 11.7 Å². The number of thiophene rings is 1. The zero-order chi connectivity index (χ0) is 11.8. The Hall–Kier alpha value is -1.32. The highest BCUT2D eigenvalue weighted by atomic mass is 32.1. The topological polar surface area (TPSA) is 29.5 Å². The molecule has 0 spiro atoms. The standard InChI is InChI=1S/C14H14O2S/c1-9-6-7-17-14(9)13(15)11-8-16-12-5-3-2-4-10(11)12/h2-7,11,13,15H,8H2,1H3. The Morgan fingerprint density at radius 1 is 1.35 bits per heavy atom. The fraction of sp³-hybridized carbons (Fsp3) is 0.286. The van der Waals surface area contributed by atoms with Gasteiger partial charge in [0.15, 0.2) is 0 Å². The lowest BCUT2D eigenvalue weighted by Gasteiger charge is -2.16. The van der Waals surface area contributed by atoms with Crippen molar-refractivity contribution >= 4 is 11.3 Å². The Labute approximate surface area is 104 Å². The average molecular weight is 246 g/mol. The van der Waals surface area contributed by atoms with Gasteiger partial charge in [0, 0.05) is 10.4 Å². The minimum atomic E-state index is -0.460. The Kier molecular flexibility index (Phi) is 2.65. The molecule has 2 heterocycles. The van der Waals surface area contributed by atoms with Gasteiger partial charge < -0.3 is 9.84 Å². The molecule has 0 saturated heterocycles. The van der Waals surface area contributed by atoms with Crippen molar-refractivity contribution in [1.29, 1.82) is 0 Å². The van der Waals surface area contributed by atoms with E-state index in [0.29, 0.717) is 6.61 Å². The summed E-state index contributed by atoms with van der Waals surface area (Å²) >= 11 is 1.61. The van der Waals surface area contributed by atoms with Crippen LogP contribution in [0.15, 0.2) is 35.7 Å². The molecule has 0 bridgehead atoms. The molecule has 0 aliphatic carbocycles. The highest BCUT2D eigenvalue weighted by Gasteiger charge is 2.32. The Bertz CT molecular complexity index is 533. The first kappa shape index (κ1) is 10.8. The fourth-order valence-electron chi connectivity index (χ4n) is 2.32. The monoisotopic (exact) mass is 246 g/mol. The molecule has 2 atom stereocenters. The molecule has 2 nitrogen and oxygen atoms in total. The van der Waals surface area contributed by atoms with Crippen LogP contribution in [0, 0.1) is 6.92 Å². The summed E-state index contributed by atoms with van der Waals surface area (Å²) in [7, 11) is 0. The van der Waals surface area contributed by atoms with Crippen molar-refractivity contribution in [3.05, 3.63) is 51.7 Å². The van der Waals surface area contributed by atoms with Crippen molar-refractivity contribution in [2.75, 3.05) is 6.61 Å². The van der Waals surface area contributed by atoms with Gasteiger partial charge in [0.1, 0.15) is 5.75 Å². The maximum Gasteiger partial charge on any atom is 0.123 e. The van der Waals surface area contributed by atoms with Crippen molar-refractivity contribution in [3.63, 3.8) is 0 Å². The molecule has 2 aromatic rings. The number of ether oxygens (including phenoxy) is 1. The number of benzene rings is 1. The van der Waals surface area contributed by atoms with Gasteiger partial charge in [0.25, 0.3) is 0 Å². The molecule has 17 heavy (non-hydrogen) atoms. The van der Waals surface area contributed by atoms with Crippen LogP contribution in [0.1, 0.15) is 28.0 Å². The van der Waals surface area contributed by atoms with Gasteiger partial charge in [-0.1, -0.05) is 18.2 Å². The summed E-state index contributed by atoms with van der Waals surface area (Å²) in [4.78, 5) is 1.05. The van der Waals surface area contributed by atoms with Crippen molar-refractivity contribution in [3.8, 4) is 5.75 Å². The van der Waals surface area contributed by atoms with Crippen molar-refractivity contribution < 1.29 is 9.84 Å². The first-order chi connectivity index (χ1) is 8.27. The normalized spacial score (nSPS) is 19.8. The largest absolute Gasteiger partial charge is 0.493 e. The average Bonchev–Trinajstić information content (AvgIpc) is 2.94. The van der Waals surface area contributed by atoms with Gasteiger partial charge in [0.05, 0.1) is 18.6 Å². The van der Waals surface area contributed by atoms with Crippen LogP contribution < -0.4 is 4.74 Å². The molecule has 0 fully saturated rings. The van der Waals surface area contributed by atoms with E-state index in [0.717, 1.165) is 21.8 Å². The number of para-hydroxylation sites is 1. The number of fused-ring (bicyclic) bond motifs is 1. The Balaban J connectivity index is 1.95. The van der Waals surface area contributed by atoms with Crippen LogP contribution in [0.4, 0.5) is 0 Å². The van der Waals surface area contributed by atoms with Crippen molar-refractivity contribution in [2.45, 2.75) is 18.9 Å². The van der Waals surface area contributed by atoms with E-state index >= 15 is 0 Å². The van der Waals surface area contributed by atoms with Gasteiger partial charge in [-0.2, -0.15) is 0 Å². The number of rotatable bonds is 2. The zero-order valence-corrected chi connectivity index (χ0v) is 10.4. The van der Waals surface area contributed by atoms with Crippen LogP contribution in [0.3, 0.4) is 0 Å². The summed E-state index contributed by atoms with van der Waals surface area (Å²) in [5.41, 5.74) is 2.28. The molecule has 3 heteroatoms. The van der Waals surface area contributed by atoms with Gasteiger partial charge >= 0.3 is 0 Å². The molecule has 0 saturated carbocycles. The number of hydrogen-bond donors (Lipinski definition) is 1. The number of aryl methyl sites for hydroxylation is 1. The molecule has 1 aliphatic heterocycles. The van der Waals surface area contributed by atoms with E-state index in [9.17, 15) is 5.11 Å². The summed E-state index contributed by atoms with van der Waals surface area (Å²) < 4.78 is 5.61. The van der Waals surface area contributed by atoms with E-state index in [1.165, 1.54) is 0 Å². The molecule has 1 aromatic carbocycles. The maximum atomic E-state index is 10.5. The first-order valence-electron chi connectivity index (χ1n) is 5.71. The molecule has 1 aliphatic rings. The lowest BCUT2D eigenvalue weighted by atomic mass is 9.93. The third-order valence-corrected chi connectivity index (χ3v) is 4.38. The van der Waals surface area contributed by atoms with Crippen LogP contribution in [0.5, 0.6) is 5.75 Å². The Morgan fingerprint density at radius 3 is 2.94 bits per heavy atom. The summed E-state index contributed by atoms with van der Waals surface area (Å²) in [6, 6.07) is 10.0. The van der Waals surface area contributed by atoms with E-state index in [4.69, 9.17) is 4.74 Å². The van der Waals surface area contributed by atoms with E-state index in [-0.39, 0.29) is 5.92 Å². The SMILES string of the molecule is Cc1ccsc1C(O)C1COc2ccccc21. The lowest BCUT2D eigenvalue weighted by Crippen LogP contribution is -2.11. The van der Waals surface area contributed by atoms with Crippen LogP contribution in [-0.2, 0) is 0 Å². The molecule has 0 amide bonds. The lowest BCUT2D eigenvalue weighted by molar-refractivity contribution is 0.133. The van der Waals surface area contributed by atoms with E-state index in [2.05, 4.69) is 0 Å². The summed E-state index contributed by atoms with van der Waals surface area (Å²) in [6.45, 7) is 2.61. The van der Waals surface area contributed by atoms with Crippen LogP contribution in [0.25, 0.3) is 0 Å². The Morgan fingerprint density at radius 2 is 2.18 bits per heavy atom. The fourth-order valence-corrected chi connectivity index (χ4v) is 3.30. The van der Waals surface area contributed by atoms with Crippen molar-refractivity contribution in [1.82, 2.24) is 0 Å². The van der Waals surface area contributed by atoms with Gasteiger partial charge in [0.2, 0.25) is 0 Å². The summed E-state index contributed by atoms with van der Waals surface area (Å²) in [5, 5.41) is 12.5. The second-order valence-corrected chi connectivity index (χ2v) is 5.32. The molecule has 3 rings (SSSR count). The van der Waals surface area contributed by atoms with Gasteiger partial charge in [-0.25, -0.2) is 0 Å². The second kappa shape index (κ2) is 4.17. The van der Waals surface area contributed by atoms with E-state index < -0.39 is 6.10 Å². The smallest absolute Gasteiger partial charge is 0.123 e. The quantitative estimate of drug-likeness (QED) is 0.881. The molecule has 88 valence electrons. The highest BCUT2D eigenvalue weighted by Crippen LogP contribution is 2.42. The maximum absolute atomic E-state index is 10.5. The first-order valence-corrected chi connectivity index (χ1v) is 6.59. The van der Waals surface area contributed by atoms with Gasteiger partial charge in [-0.3, -0.25) is 0 Å². The van der Waals surface area contributed by atoms with Crippen LogP contribution in [0.2, 0.25) is 0 Å². The summed E-state index contributed by atoms with van der Waals surface area (Å²) in [5.74, 6) is 0.967. The molecule has 0 radical (unpaired) electrons. The molecule has 2 unspecified atom stereocenters. The predicted octanol–water partition coefficient (Wildman–Crippen LogP) is 3.27. The van der Waals surface area contributed by atoms with Gasteiger partial charge in [-0.15, -0.1) is 11.3 Å². The third-order valence-electron chi connectivity index (χ3n) is 3.29. The zero-order valence-electron chi connectivity index (χ0n) is 9.59.